The first-order valence-electron chi connectivity index (χ1n) is 7.49. The van der Waals surface area contributed by atoms with Gasteiger partial charge in [-0.1, -0.05) is 0 Å². The zero-order valence-electron chi connectivity index (χ0n) is 12.5. The van der Waals surface area contributed by atoms with Crippen LogP contribution in [0.15, 0.2) is 33.4 Å². The van der Waals surface area contributed by atoms with E-state index in [9.17, 15) is 4.79 Å². The van der Waals surface area contributed by atoms with Crippen molar-refractivity contribution >= 4 is 17.5 Å². The molecule has 118 valence electrons. The second-order valence-corrected chi connectivity index (χ2v) is 5.99. The van der Waals surface area contributed by atoms with Crippen molar-refractivity contribution < 1.29 is 13.6 Å². The molecule has 0 saturated heterocycles. The lowest BCUT2D eigenvalue weighted by Gasteiger charge is -2.27. The van der Waals surface area contributed by atoms with Crippen molar-refractivity contribution in [1.29, 1.82) is 0 Å². The van der Waals surface area contributed by atoms with Crippen LogP contribution in [0.25, 0.3) is 0 Å². The second kappa shape index (κ2) is 6.57. The monoisotopic (exact) mass is 322 g/mol. The van der Waals surface area contributed by atoms with E-state index in [1.807, 2.05) is 19.1 Å². The highest BCUT2D eigenvalue weighted by molar-refractivity contribution is 6.27. The summed E-state index contributed by atoms with van der Waals surface area (Å²) in [5.74, 6) is 2.62. The van der Waals surface area contributed by atoms with E-state index in [1.54, 1.807) is 17.4 Å². The molecule has 1 aliphatic carbocycles. The zero-order valence-corrected chi connectivity index (χ0v) is 13.3. The highest BCUT2D eigenvalue weighted by atomic mass is 35.5. The summed E-state index contributed by atoms with van der Waals surface area (Å²) in [6.45, 7) is 2.36. The zero-order chi connectivity index (χ0) is 15.5. The molecule has 0 spiro atoms. The summed E-state index contributed by atoms with van der Waals surface area (Å²) >= 11 is 5.74. The van der Waals surface area contributed by atoms with Crippen LogP contribution >= 0.6 is 11.6 Å². The quantitative estimate of drug-likeness (QED) is 0.733. The van der Waals surface area contributed by atoms with E-state index in [0.717, 1.165) is 24.5 Å². The molecule has 3 rings (SSSR count). The molecule has 1 aliphatic rings. The van der Waals surface area contributed by atoms with E-state index in [4.69, 9.17) is 20.4 Å². The summed E-state index contributed by atoms with van der Waals surface area (Å²) < 4.78 is 11.1. The van der Waals surface area contributed by atoms with Crippen molar-refractivity contribution in [3.8, 4) is 0 Å². The number of carbonyl (C=O) groups is 1. The molecule has 0 bridgehead atoms. The van der Waals surface area contributed by atoms with Crippen molar-refractivity contribution in [2.75, 3.05) is 5.88 Å². The first kappa shape index (κ1) is 15.2. The first-order valence-corrected chi connectivity index (χ1v) is 8.03. The predicted octanol–water partition coefficient (Wildman–Crippen LogP) is 3.34. The minimum atomic E-state index is -0.120. The van der Waals surface area contributed by atoms with Gasteiger partial charge in [-0.05, 0) is 31.9 Å². The SMILES string of the molecule is CC(Cc1ccco1)N(Cc1cnc(C2CC2)o1)C(=O)CCl. The van der Waals surface area contributed by atoms with Crippen LogP contribution in [-0.2, 0) is 17.8 Å². The smallest absolute Gasteiger partial charge is 0.238 e. The van der Waals surface area contributed by atoms with E-state index >= 15 is 0 Å². The number of hydrogen-bond donors (Lipinski definition) is 0. The molecular weight excluding hydrogens is 304 g/mol. The highest BCUT2D eigenvalue weighted by Crippen LogP contribution is 2.39. The number of aromatic nitrogens is 1. The van der Waals surface area contributed by atoms with Gasteiger partial charge in [0.2, 0.25) is 5.91 Å². The molecule has 2 aromatic rings. The third-order valence-corrected chi connectivity index (χ3v) is 4.10. The van der Waals surface area contributed by atoms with Gasteiger partial charge in [0.25, 0.3) is 0 Å². The fourth-order valence-corrected chi connectivity index (χ4v) is 2.63. The van der Waals surface area contributed by atoms with Crippen molar-refractivity contribution in [1.82, 2.24) is 9.88 Å². The summed E-state index contributed by atoms with van der Waals surface area (Å²) in [4.78, 5) is 18.2. The lowest BCUT2D eigenvalue weighted by Crippen LogP contribution is -2.40. The summed E-state index contributed by atoms with van der Waals surface area (Å²) in [5.41, 5.74) is 0. The molecule has 6 heteroatoms. The second-order valence-electron chi connectivity index (χ2n) is 5.73. The molecule has 1 saturated carbocycles. The van der Waals surface area contributed by atoms with Crippen molar-refractivity contribution in [3.05, 3.63) is 42.0 Å². The standard InChI is InChI=1S/C16H19ClN2O3/c1-11(7-13-3-2-6-21-13)19(15(20)8-17)10-14-9-18-16(22-14)12-4-5-12/h2-3,6,9,11-12H,4-5,7-8,10H2,1H3. The Balaban J connectivity index is 1.69. The van der Waals surface area contributed by atoms with E-state index in [-0.39, 0.29) is 17.8 Å². The number of hydrogen-bond acceptors (Lipinski definition) is 4. The molecule has 0 aromatic carbocycles. The van der Waals surface area contributed by atoms with E-state index < -0.39 is 0 Å². The first-order chi connectivity index (χ1) is 10.7. The van der Waals surface area contributed by atoms with Crippen LogP contribution < -0.4 is 0 Å². The third-order valence-electron chi connectivity index (χ3n) is 3.87. The van der Waals surface area contributed by atoms with Gasteiger partial charge in [-0.3, -0.25) is 4.79 Å². The van der Waals surface area contributed by atoms with E-state index in [2.05, 4.69) is 4.98 Å². The predicted molar refractivity (Wildman–Crippen MR) is 81.6 cm³/mol. The Morgan fingerprint density at radius 3 is 2.95 bits per heavy atom. The largest absolute Gasteiger partial charge is 0.469 e. The Hall–Kier alpha value is -1.75. The van der Waals surface area contributed by atoms with Crippen LogP contribution in [0, 0.1) is 0 Å². The van der Waals surface area contributed by atoms with Crippen LogP contribution in [0.3, 0.4) is 0 Å². The van der Waals surface area contributed by atoms with E-state index in [1.165, 1.54) is 0 Å². The minimum absolute atomic E-state index is 0.0353. The molecule has 2 aromatic heterocycles. The Labute approximate surface area is 134 Å². The average Bonchev–Trinajstić information content (AvgIpc) is 3.05. The maximum atomic E-state index is 12.1. The number of nitrogens with zero attached hydrogens (tertiary/aromatic N) is 2. The summed E-state index contributed by atoms with van der Waals surface area (Å²) in [6.07, 6.45) is 6.26. The molecule has 0 N–H and O–H groups in total. The molecule has 0 aliphatic heterocycles. The third kappa shape index (κ3) is 3.53. The van der Waals surface area contributed by atoms with Gasteiger partial charge in [0.15, 0.2) is 5.89 Å². The maximum Gasteiger partial charge on any atom is 0.238 e. The van der Waals surface area contributed by atoms with Gasteiger partial charge in [-0.25, -0.2) is 4.98 Å². The fraction of sp³-hybridized carbons (Fsp3) is 0.500. The number of furan rings is 1. The van der Waals surface area contributed by atoms with Crippen molar-refractivity contribution in [2.45, 2.75) is 44.7 Å². The molecule has 5 nitrogen and oxygen atoms in total. The van der Waals surface area contributed by atoms with Crippen LogP contribution in [0.4, 0.5) is 0 Å². The Morgan fingerprint density at radius 1 is 1.50 bits per heavy atom. The Morgan fingerprint density at radius 2 is 2.32 bits per heavy atom. The molecule has 1 fully saturated rings. The van der Waals surface area contributed by atoms with Crippen molar-refractivity contribution in [2.24, 2.45) is 0 Å². The van der Waals surface area contributed by atoms with Gasteiger partial charge in [0.1, 0.15) is 17.4 Å². The van der Waals surface area contributed by atoms with Gasteiger partial charge in [-0.15, -0.1) is 11.6 Å². The highest BCUT2D eigenvalue weighted by Gasteiger charge is 2.29. The fourth-order valence-electron chi connectivity index (χ4n) is 2.48. The summed E-state index contributed by atoms with van der Waals surface area (Å²) in [7, 11) is 0. The topological polar surface area (TPSA) is 59.5 Å². The summed E-state index contributed by atoms with van der Waals surface area (Å²) in [5, 5.41) is 0. The maximum absolute atomic E-state index is 12.1. The van der Waals surface area contributed by atoms with E-state index in [0.29, 0.717) is 24.6 Å². The van der Waals surface area contributed by atoms with Crippen LogP contribution in [-0.4, -0.2) is 27.7 Å². The number of oxazole rings is 1. The molecule has 2 heterocycles. The van der Waals surface area contributed by atoms with Crippen molar-refractivity contribution in [3.63, 3.8) is 0 Å². The number of halogens is 1. The number of rotatable bonds is 7. The number of amides is 1. The van der Waals surface area contributed by atoms with Crippen LogP contribution in [0.1, 0.15) is 43.1 Å². The van der Waals surface area contributed by atoms with Gasteiger partial charge in [0.05, 0.1) is 19.0 Å². The summed E-state index contributed by atoms with van der Waals surface area (Å²) in [6, 6.07) is 3.71. The Bertz CT molecular complexity index is 619. The molecular formula is C16H19ClN2O3. The molecule has 1 amide bonds. The minimum Gasteiger partial charge on any atom is -0.469 e. The lowest BCUT2D eigenvalue weighted by molar-refractivity contribution is -0.131. The van der Waals surface area contributed by atoms with Gasteiger partial charge in [-0.2, -0.15) is 0 Å². The number of alkyl halides is 1. The molecule has 22 heavy (non-hydrogen) atoms. The number of carbonyl (C=O) groups excluding carboxylic acids is 1. The van der Waals surface area contributed by atoms with Gasteiger partial charge >= 0.3 is 0 Å². The molecule has 0 radical (unpaired) electrons. The normalized spacial score (nSPS) is 15.7. The molecule has 1 atom stereocenters. The average molecular weight is 323 g/mol. The van der Waals surface area contributed by atoms with Gasteiger partial charge < -0.3 is 13.7 Å². The van der Waals surface area contributed by atoms with Crippen LogP contribution in [0.2, 0.25) is 0 Å². The van der Waals surface area contributed by atoms with Crippen LogP contribution in [0.5, 0.6) is 0 Å². The lowest BCUT2D eigenvalue weighted by atomic mass is 10.1. The van der Waals surface area contributed by atoms with Gasteiger partial charge in [0, 0.05) is 18.4 Å². The Kier molecular flexibility index (Phi) is 4.52. The molecule has 1 unspecified atom stereocenters.